The molecule has 1 saturated heterocycles. The van der Waals surface area contributed by atoms with Crippen LogP contribution in [-0.2, 0) is 11.2 Å². The zero-order valence-electron chi connectivity index (χ0n) is 9.75. The minimum absolute atomic E-state index is 0.0345. The van der Waals surface area contributed by atoms with Crippen LogP contribution in [0.4, 0.5) is 4.39 Å². The van der Waals surface area contributed by atoms with Gasteiger partial charge in [-0.1, -0.05) is 22.0 Å². The topological polar surface area (TPSA) is 29.5 Å². The lowest BCUT2D eigenvalue weighted by Crippen LogP contribution is -2.41. The number of ether oxygens (including phenoxy) is 1. The number of hydrogen-bond acceptors (Lipinski definition) is 2. The maximum Gasteiger partial charge on any atom is 0.127 e. The molecule has 0 bridgehead atoms. The van der Waals surface area contributed by atoms with E-state index in [4.69, 9.17) is 4.74 Å². The number of halogens is 2. The molecule has 1 fully saturated rings. The summed E-state index contributed by atoms with van der Waals surface area (Å²) in [5, 5.41) is 10.4. The molecule has 1 aromatic carbocycles. The zero-order chi connectivity index (χ0) is 12.5. The third-order valence-corrected chi connectivity index (χ3v) is 3.67. The van der Waals surface area contributed by atoms with E-state index in [2.05, 4.69) is 15.9 Å². The second-order valence-electron chi connectivity index (χ2n) is 4.77. The van der Waals surface area contributed by atoms with E-state index >= 15 is 0 Å². The van der Waals surface area contributed by atoms with Gasteiger partial charge in [-0.25, -0.2) is 4.39 Å². The summed E-state index contributed by atoms with van der Waals surface area (Å²) in [4.78, 5) is 0. The van der Waals surface area contributed by atoms with E-state index in [1.807, 2.05) is 6.92 Å². The lowest BCUT2D eigenvalue weighted by atomic mass is 9.85. The van der Waals surface area contributed by atoms with Crippen molar-refractivity contribution >= 4 is 15.9 Å². The van der Waals surface area contributed by atoms with Crippen molar-refractivity contribution in [3.05, 3.63) is 34.1 Å². The summed E-state index contributed by atoms with van der Waals surface area (Å²) >= 11 is 3.22. The Balaban J connectivity index is 2.14. The van der Waals surface area contributed by atoms with Crippen molar-refractivity contribution in [1.82, 2.24) is 0 Å². The molecule has 2 rings (SSSR count). The van der Waals surface area contributed by atoms with Gasteiger partial charge in [-0.15, -0.1) is 0 Å². The SMILES string of the molecule is CC1CC(O)(Cc2ccc(Br)cc2F)CCO1. The van der Waals surface area contributed by atoms with Gasteiger partial charge in [0.05, 0.1) is 11.7 Å². The Morgan fingerprint density at radius 2 is 2.35 bits per heavy atom. The van der Waals surface area contributed by atoms with Gasteiger partial charge in [0.15, 0.2) is 0 Å². The molecule has 0 radical (unpaired) electrons. The molecule has 1 aromatic rings. The van der Waals surface area contributed by atoms with Crippen molar-refractivity contribution < 1.29 is 14.2 Å². The van der Waals surface area contributed by atoms with Crippen LogP contribution in [-0.4, -0.2) is 23.4 Å². The van der Waals surface area contributed by atoms with Crippen molar-refractivity contribution in [2.75, 3.05) is 6.61 Å². The van der Waals surface area contributed by atoms with E-state index < -0.39 is 5.60 Å². The van der Waals surface area contributed by atoms with Gasteiger partial charge in [0, 0.05) is 23.9 Å². The molecule has 0 saturated carbocycles. The Labute approximate surface area is 109 Å². The second kappa shape index (κ2) is 5.04. The number of hydrogen-bond donors (Lipinski definition) is 1. The average molecular weight is 303 g/mol. The molecular weight excluding hydrogens is 287 g/mol. The van der Waals surface area contributed by atoms with Crippen LogP contribution in [0.15, 0.2) is 22.7 Å². The molecule has 0 aliphatic carbocycles. The van der Waals surface area contributed by atoms with Crippen molar-refractivity contribution in [1.29, 1.82) is 0 Å². The minimum atomic E-state index is -0.841. The lowest BCUT2D eigenvalue weighted by molar-refractivity contribution is -0.0964. The number of benzene rings is 1. The molecule has 0 spiro atoms. The average Bonchev–Trinajstić information content (AvgIpc) is 2.22. The van der Waals surface area contributed by atoms with Crippen LogP contribution in [0.5, 0.6) is 0 Å². The molecule has 4 heteroatoms. The first-order chi connectivity index (χ1) is 7.98. The summed E-state index contributed by atoms with van der Waals surface area (Å²) in [7, 11) is 0. The standard InChI is InChI=1S/C13H16BrFO2/c1-9-7-13(16,4-5-17-9)8-10-2-3-11(14)6-12(10)15/h2-3,6,9,16H,4-5,7-8H2,1H3. The van der Waals surface area contributed by atoms with E-state index in [9.17, 15) is 9.50 Å². The van der Waals surface area contributed by atoms with E-state index in [-0.39, 0.29) is 11.9 Å². The van der Waals surface area contributed by atoms with Gasteiger partial charge >= 0.3 is 0 Å². The maximum absolute atomic E-state index is 13.7. The van der Waals surface area contributed by atoms with E-state index in [0.29, 0.717) is 35.9 Å². The molecule has 1 N–H and O–H groups in total. The Hall–Kier alpha value is -0.450. The molecule has 2 atom stereocenters. The largest absolute Gasteiger partial charge is 0.389 e. The molecule has 0 aromatic heterocycles. The van der Waals surface area contributed by atoms with Gasteiger partial charge in [-0.3, -0.25) is 0 Å². The van der Waals surface area contributed by atoms with E-state index in [1.165, 1.54) is 6.07 Å². The van der Waals surface area contributed by atoms with Crippen molar-refractivity contribution in [3.63, 3.8) is 0 Å². The van der Waals surface area contributed by atoms with Crippen LogP contribution in [0, 0.1) is 5.82 Å². The third kappa shape index (κ3) is 3.27. The first-order valence-corrected chi connectivity index (χ1v) is 6.56. The first kappa shape index (κ1) is 13.0. The molecule has 1 heterocycles. The van der Waals surface area contributed by atoms with Gasteiger partial charge < -0.3 is 9.84 Å². The Bertz CT molecular complexity index is 410. The molecular formula is C13H16BrFO2. The van der Waals surface area contributed by atoms with Crippen molar-refractivity contribution in [3.8, 4) is 0 Å². The molecule has 2 nitrogen and oxygen atoms in total. The molecule has 1 aliphatic rings. The molecule has 17 heavy (non-hydrogen) atoms. The van der Waals surface area contributed by atoms with Crippen molar-refractivity contribution in [2.24, 2.45) is 0 Å². The van der Waals surface area contributed by atoms with Gasteiger partial charge in [0.1, 0.15) is 5.82 Å². The Morgan fingerprint density at radius 1 is 1.59 bits per heavy atom. The zero-order valence-corrected chi connectivity index (χ0v) is 11.3. The van der Waals surface area contributed by atoms with Crippen molar-refractivity contribution in [2.45, 2.75) is 37.9 Å². The molecule has 2 unspecified atom stereocenters. The fourth-order valence-electron chi connectivity index (χ4n) is 2.33. The molecule has 0 amide bonds. The first-order valence-electron chi connectivity index (χ1n) is 5.76. The molecule has 94 valence electrons. The highest BCUT2D eigenvalue weighted by molar-refractivity contribution is 9.10. The van der Waals surface area contributed by atoms with E-state index in [0.717, 1.165) is 0 Å². The van der Waals surface area contributed by atoms with Gasteiger partial charge in [-0.05, 0) is 31.0 Å². The highest BCUT2D eigenvalue weighted by atomic mass is 79.9. The summed E-state index contributed by atoms with van der Waals surface area (Å²) in [5.74, 6) is -0.271. The number of aliphatic hydroxyl groups is 1. The summed E-state index contributed by atoms with van der Waals surface area (Å²) in [6.07, 6.45) is 1.50. The van der Waals surface area contributed by atoms with Gasteiger partial charge in [0.2, 0.25) is 0 Å². The maximum atomic E-state index is 13.7. The van der Waals surface area contributed by atoms with Crippen LogP contribution in [0.1, 0.15) is 25.3 Å². The van der Waals surface area contributed by atoms with Crippen LogP contribution in [0.2, 0.25) is 0 Å². The Kier molecular flexibility index (Phi) is 3.85. The second-order valence-corrected chi connectivity index (χ2v) is 5.69. The summed E-state index contributed by atoms with van der Waals surface area (Å²) in [6.45, 7) is 2.47. The highest BCUT2D eigenvalue weighted by Crippen LogP contribution is 2.29. The van der Waals surface area contributed by atoms with Gasteiger partial charge in [0.25, 0.3) is 0 Å². The van der Waals surface area contributed by atoms with Crippen LogP contribution < -0.4 is 0 Å². The highest BCUT2D eigenvalue weighted by Gasteiger charge is 2.34. The normalized spacial score (nSPS) is 29.3. The number of rotatable bonds is 2. The van der Waals surface area contributed by atoms with Crippen LogP contribution >= 0.6 is 15.9 Å². The van der Waals surface area contributed by atoms with Crippen LogP contribution in [0.25, 0.3) is 0 Å². The third-order valence-electron chi connectivity index (χ3n) is 3.17. The smallest absolute Gasteiger partial charge is 0.127 e. The monoisotopic (exact) mass is 302 g/mol. The van der Waals surface area contributed by atoms with Crippen LogP contribution in [0.3, 0.4) is 0 Å². The summed E-state index contributed by atoms with van der Waals surface area (Å²) in [5.41, 5.74) is -0.281. The molecule has 1 aliphatic heterocycles. The predicted octanol–water partition coefficient (Wildman–Crippen LogP) is 3.06. The summed E-state index contributed by atoms with van der Waals surface area (Å²) in [6, 6.07) is 4.95. The fraction of sp³-hybridized carbons (Fsp3) is 0.538. The predicted molar refractivity (Wildman–Crippen MR) is 67.4 cm³/mol. The Morgan fingerprint density at radius 3 is 3.00 bits per heavy atom. The van der Waals surface area contributed by atoms with Gasteiger partial charge in [-0.2, -0.15) is 0 Å². The lowest BCUT2D eigenvalue weighted by Gasteiger charge is -2.35. The van der Waals surface area contributed by atoms with E-state index in [1.54, 1.807) is 12.1 Å². The quantitative estimate of drug-likeness (QED) is 0.910. The fourth-order valence-corrected chi connectivity index (χ4v) is 2.66. The summed E-state index contributed by atoms with van der Waals surface area (Å²) < 4.78 is 19.8. The minimum Gasteiger partial charge on any atom is -0.389 e.